The molecule has 1 aliphatic rings. The lowest BCUT2D eigenvalue weighted by Gasteiger charge is -2.22. The number of imidazole rings is 1. The standard InChI is InChI=1S/C29H32F3N5O/c1-4-11-36-17-22(27(35-36)29(30,31)32)24-16-34-28-23(33-10-12-37(24)28)15-20-13-18(2)25(19(3)14-20)26(38)21-8-6-5-7-9-21/h10,12-14,16-17,21H,4-9,11,15H2,1-3H3. The third-order valence-corrected chi connectivity index (χ3v) is 7.45. The van der Waals surface area contributed by atoms with Gasteiger partial charge in [-0.25, -0.2) is 4.98 Å². The van der Waals surface area contributed by atoms with Crippen LogP contribution < -0.4 is 0 Å². The molecule has 1 aromatic carbocycles. The van der Waals surface area contributed by atoms with Gasteiger partial charge in [0.1, 0.15) is 0 Å². The first kappa shape index (κ1) is 26.1. The van der Waals surface area contributed by atoms with Gasteiger partial charge in [-0.1, -0.05) is 38.3 Å². The van der Waals surface area contributed by atoms with Crippen molar-refractivity contribution in [2.45, 2.75) is 78.4 Å². The Bertz CT molecular complexity index is 1450. The summed E-state index contributed by atoms with van der Waals surface area (Å²) in [5.41, 5.74) is 4.24. The van der Waals surface area contributed by atoms with Gasteiger partial charge in [-0.2, -0.15) is 18.3 Å². The predicted octanol–water partition coefficient (Wildman–Crippen LogP) is 6.99. The van der Waals surface area contributed by atoms with Gasteiger partial charge < -0.3 is 0 Å². The number of benzene rings is 1. The molecule has 0 unspecified atom stereocenters. The molecule has 0 bridgehead atoms. The molecule has 1 aliphatic carbocycles. The summed E-state index contributed by atoms with van der Waals surface area (Å²) in [5, 5.41) is 3.81. The largest absolute Gasteiger partial charge is 0.435 e. The Kier molecular flexibility index (Phi) is 7.11. The molecule has 0 radical (unpaired) electrons. The van der Waals surface area contributed by atoms with Gasteiger partial charge in [-0.3, -0.25) is 18.9 Å². The molecular formula is C29H32F3N5O. The van der Waals surface area contributed by atoms with Crippen molar-refractivity contribution in [1.82, 2.24) is 24.1 Å². The van der Waals surface area contributed by atoms with Crippen LogP contribution in [0.2, 0.25) is 0 Å². The lowest BCUT2D eigenvalue weighted by Crippen LogP contribution is -2.20. The highest BCUT2D eigenvalue weighted by atomic mass is 19.4. The first-order valence-electron chi connectivity index (χ1n) is 13.3. The zero-order valence-corrected chi connectivity index (χ0v) is 22.0. The molecule has 0 N–H and O–H groups in total. The lowest BCUT2D eigenvalue weighted by atomic mass is 9.81. The average molecular weight is 524 g/mol. The second-order valence-electron chi connectivity index (χ2n) is 10.3. The number of carbonyl (C=O) groups is 1. The first-order valence-corrected chi connectivity index (χ1v) is 13.3. The van der Waals surface area contributed by atoms with Crippen molar-refractivity contribution in [2.24, 2.45) is 5.92 Å². The number of ketones is 1. The molecule has 3 aromatic heterocycles. The van der Waals surface area contributed by atoms with Gasteiger partial charge in [-0.05, 0) is 49.8 Å². The van der Waals surface area contributed by atoms with Gasteiger partial charge in [0.25, 0.3) is 0 Å². The average Bonchev–Trinajstić information content (AvgIpc) is 3.49. The Morgan fingerprint density at radius 1 is 1.08 bits per heavy atom. The number of fused-ring (bicyclic) bond motifs is 1. The molecule has 0 spiro atoms. The monoisotopic (exact) mass is 523 g/mol. The number of hydrogen-bond acceptors (Lipinski definition) is 4. The number of aryl methyl sites for hydroxylation is 3. The molecule has 9 heteroatoms. The molecule has 1 saturated carbocycles. The molecule has 4 aromatic rings. The number of alkyl halides is 3. The topological polar surface area (TPSA) is 65.1 Å². The summed E-state index contributed by atoms with van der Waals surface area (Å²) in [6.07, 6.45) is 7.96. The zero-order valence-electron chi connectivity index (χ0n) is 22.0. The molecule has 0 atom stereocenters. The lowest BCUT2D eigenvalue weighted by molar-refractivity contribution is -0.141. The van der Waals surface area contributed by atoms with Crippen molar-refractivity contribution >= 4 is 11.4 Å². The summed E-state index contributed by atoms with van der Waals surface area (Å²) >= 11 is 0. The molecule has 200 valence electrons. The predicted molar refractivity (Wildman–Crippen MR) is 139 cm³/mol. The van der Waals surface area contributed by atoms with E-state index in [1.807, 2.05) is 32.9 Å². The minimum atomic E-state index is -4.58. The summed E-state index contributed by atoms with van der Waals surface area (Å²) in [7, 11) is 0. The number of rotatable bonds is 7. The van der Waals surface area contributed by atoms with Crippen LogP contribution in [0, 0.1) is 19.8 Å². The summed E-state index contributed by atoms with van der Waals surface area (Å²) in [6.45, 7) is 6.23. The van der Waals surface area contributed by atoms with E-state index in [0.29, 0.717) is 36.4 Å². The van der Waals surface area contributed by atoms with E-state index in [1.165, 1.54) is 23.5 Å². The second kappa shape index (κ2) is 10.3. The maximum atomic E-state index is 13.8. The fourth-order valence-corrected chi connectivity index (χ4v) is 5.76. The SMILES string of the molecule is CCCn1cc(-c2cnc3c(Cc4cc(C)c(C(=O)C5CCCCC5)c(C)c4)nccn23)c(C(F)(F)F)n1. The molecule has 0 saturated heterocycles. The fourth-order valence-electron chi connectivity index (χ4n) is 5.76. The van der Waals surface area contributed by atoms with E-state index in [2.05, 4.69) is 15.1 Å². The van der Waals surface area contributed by atoms with Crippen LogP contribution in [0.3, 0.4) is 0 Å². The highest BCUT2D eigenvalue weighted by Gasteiger charge is 2.38. The summed E-state index contributed by atoms with van der Waals surface area (Å²) in [4.78, 5) is 22.2. The van der Waals surface area contributed by atoms with Gasteiger partial charge in [0.15, 0.2) is 17.1 Å². The molecule has 5 rings (SSSR count). The van der Waals surface area contributed by atoms with Crippen LogP contribution in [0.25, 0.3) is 16.9 Å². The van der Waals surface area contributed by atoms with Crippen molar-refractivity contribution in [1.29, 1.82) is 0 Å². The number of Topliss-reactive ketones (excluding diaryl/α,β-unsaturated/α-hetero) is 1. The first-order chi connectivity index (χ1) is 18.2. The number of halogens is 3. The molecule has 0 amide bonds. The Labute approximate surface area is 219 Å². The summed E-state index contributed by atoms with van der Waals surface area (Å²) in [6, 6.07) is 4.04. The molecule has 38 heavy (non-hydrogen) atoms. The molecule has 3 heterocycles. The molecule has 1 fully saturated rings. The van der Waals surface area contributed by atoms with Crippen molar-refractivity contribution in [2.75, 3.05) is 0 Å². The van der Waals surface area contributed by atoms with E-state index in [1.54, 1.807) is 16.8 Å². The fraction of sp³-hybridized carbons (Fsp3) is 0.448. The number of aromatic nitrogens is 5. The minimum absolute atomic E-state index is 0.00660. The quantitative estimate of drug-likeness (QED) is 0.245. The number of carbonyl (C=O) groups excluding carboxylic acids is 1. The van der Waals surface area contributed by atoms with Crippen molar-refractivity contribution < 1.29 is 18.0 Å². The third kappa shape index (κ3) is 4.98. The van der Waals surface area contributed by atoms with Gasteiger partial charge in [0.05, 0.1) is 23.1 Å². The van der Waals surface area contributed by atoms with E-state index in [-0.39, 0.29) is 17.3 Å². The van der Waals surface area contributed by atoms with Crippen LogP contribution in [-0.4, -0.2) is 29.9 Å². The van der Waals surface area contributed by atoms with Crippen molar-refractivity contribution in [3.8, 4) is 11.3 Å². The van der Waals surface area contributed by atoms with E-state index in [0.717, 1.165) is 47.9 Å². The Morgan fingerprint density at radius 3 is 2.45 bits per heavy atom. The number of hydrogen-bond donors (Lipinski definition) is 0. The Hall–Kier alpha value is -3.49. The van der Waals surface area contributed by atoms with E-state index >= 15 is 0 Å². The highest BCUT2D eigenvalue weighted by molar-refractivity contribution is 6.00. The number of nitrogens with zero attached hydrogens (tertiary/aromatic N) is 5. The molecule has 0 aliphatic heterocycles. The van der Waals surface area contributed by atoms with Gasteiger partial charge in [0.2, 0.25) is 0 Å². The van der Waals surface area contributed by atoms with Crippen LogP contribution in [-0.2, 0) is 19.1 Å². The van der Waals surface area contributed by atoms with Crippen molar-refractivity contribution in [3.05, 3.63) is 70.6 Å². The van der Waals surface area contributed by atoms with E-state index in [9.17, 15) is 18.0 Å². The maximum Gasteiger partial charge on any atom is 0.435 e. The van der Waals surface area contributed by atoms with E-state index < -0.39 is 11.9 Å². The minimum Gasteiger partial charge on any atom is -0.296 e. The van der Waals surface area contributed by atoms with Gasteiger partial charge >= 0.3 is 6.18 Å². The molecule has 6 nitrogen and oxygen atoms in total. The Balaban J connectivity index is 1.48. The van der Waals surface area contributed by atoms with E-state index in [4.69, 9.17) is 0 Å². The van der Waals surface area contributed by atoms with Crippen LogP contribution in [0.1, 0.15) is 83.9 Å². The normalized spacial score (nSPS) is 14.9. The molecular weight excluding hydrogens is 491 g/mol. The highest BCUT2D eigenvalue weighted by Crippen LogP contribution is 2.37. The summed E-state index contributed by atoms with van der Waals surface area (Å²) < 4.78 is 44.4. The van der Waals surface area contributed by atoms with Crippen molar-refractivity contribution in [3.63, 3.8) is 0 Å². The second-order valence-corrected chi connectivity index (χ2v) is 10.3. The van der Waals surface area contributed by atoms with Gasteiger partial charge in [-0.15, -0.1) is 0 Å². The van der Waals surface area contributed by atoms with Crippen LogP contribution >= 0.6 is 0 Å². The van der Waals surface area contributed by atoms with Crippen LogP contribution in [0.5, 0.6) is 0 Å². The Morgan fingerprint density at radius 2 is 1.79 bits per heavy atom. The zero-order chi connectivity index (χ0) is 27.0. The van der Waals surface area contributed by atoms with Crippen LogP contribution in [0.4, 0.5) is 13.2 Å². The third-order valence-electron chi connectivity index (χ3n) is 7.45. The van der Waals surface area contributed by atoms with Crippen LogP contribution in [0.15, 0.2) is 36.9 Å². The smallest absolute Gasteiger partial charge is 0.296 e. The maximum absolute atomic E-state index is 13.8. The summed E-state index contributed by atoms with van der Waals surface area (Å²) in [5.74, 6) is 0.350. The van der Waals surface area contributed by atoms with Gasteiger partial charge in [0, 0.05) is 43.0 Å².